The van der Waals surface area contributed by atoms with Crippen molar-refractivity contribution in [2.24, 2.45) is 0 Å². The molecule has 26 heavy (non-hydrogen) atoms. The molecule has 0 heterocycles. The van der Waals surface area contributed by atoms with Crippen LogP contribution in [0.25, 0.3) is 0 Å². The van der Waals surface area contributed by atoms with Gasteiger partial charge in [0.15, 0.2) is 0 Å². The maximum absolute atomic E-state index is 11.6. The second-order valence-corrected chi connectivity index (χ2v) is 5.62. The lowest BCUT2D eigenvalue weighted by Gasteiger charge is -2.23. The van der Waals surface area contributed by atoms with Gasteiger partial charge in [0, 0.05) is 12.6 Å². The van der Waals surface area contributed by atoms with Crippen LogP contribution in [0.15, 0.2) is 42.5 Å². The summed E-state index contributed by atoms with van der Waals surface area (Å²) in [6.07, 6.45) is 0.0531. The van der Waals surface area contributed by atoms with E-state index in [-0.39, 0.29) is 13.2 Å². The van der Waals surface area contributed by atoms with Crippen LogP contribution in [0.5, 0.6) is 5.75 Å². The first kappa shape index (κ1) is 19.3. The lowest BCUT2D eigenvalue weighted by Crippen LogP contribution is -2.19. The van der Waals surface area contributed by atoms with Crippen molar-refractivity contribution >= 4 is 11.7 Å². The third kappa shape index (κ3) is 5.23. The number of ether oxygens (including phenoxy) is 2. The van der Waals surface area contributed by atoms with Gasteiger partial charge >= 0.3 is 5.97 Å². The summed E-state index contributed by atoms with van der Waals surface area (Å²) in [6, 6.07) is 14.6. The van der Waals surface area contributed by atoms with Crippen LogP contribution >= 0.6 is 0 Å². The summed E-state index contributed by atoms with van der Waals surface area (Å²) in [5, 5.41) is 21.1. The van der Waals surface area contributed by atoms with Crippen molar-refractivity contribution in [2.75, 3.05) is 18.5 Å². The van der Waals surface area contributed by atoms with Crippen molar-refractivity contribution in [3.05, 3.63) is 59.2 Å². The maximum Gasteiger partial charge on any atom is 0.304 e. The number of esters is 1. The summed E-state index contributed by atoms with van der Waals surface area (Å²) in [5.74, 6) is 0.0924. The Morgan fingerprint density at radius 1 is 1.27 bits per heavy atom. The van der Waals surface area contributed by atoms with Crippen LogP contribution in [-0.4, -0.2) is 24.3 Å². The van der Waals surface area contributed by atoms with Crippen LogP contribution in [0.1, 0.15) is 36.8 Å². The molecule has 2 rings (SSSR count). The minimum atomic E-state index is -0.763. The van der Waals surface area contributed by atoms with E-state index in [9.17, 15) is 4.79 Å². The third-order valence-electron chi connectivity index (χ3n) is 3.71. The first-order chi connectivity index (χ1) is 12.6. The van der Waals surface area contributed by atoms with Crippen molar-refractivity contribution in [3.63, 3.8) is 0 Å². The Labute approximate surface area is 153 Å². The van der Waals surface area contributed by atoms with Gasteiger partial charge in [0.2, 0.25) is 6.23 Å². The Bertz CT molecular complexity index is 781. The molecule has 1 unspecified atom stereocenters. The van der Waals surface area contributed by atoms with E-state index in [4.69, 9.17) is 19.8 Å². The molecule has 0 fully saturated rings. The van der Waals surface area contributed by atoms with Crippen LogP contribution < -0.4 is 10.1 Å². The number of carbonyl (C=O) groups is 1. The molecule has 2 aromatic rings. The van der Waals surface area contributed by atoms with E-state index in [2.05, 4.69) is 11.4 Å². The normalized spacial score (nSPS) is 11.3. The first-order valence-electron chi connectivity index (χ1n) is 8.37. The molecular formula is C20H22N2O4. The van der Waals surface area contributed by atoms with Crippen LogP contribution in [0.2, 0.25) is 0 Å². The Morgan fingerprint density at radius 2 is 2.00 bits per heavy atom. The predicted molar refractivity (Wildman–Crippen MR) is 97.7 cm³/mol. The molecule has 0 aromatic heterocycles. The summed E-state index contributed by atoms with van der Waals surface area (Å²) >= 11 is 0. The second-order valence-electron chi connectivity index (χ2n) is 5.62. The second kappa shape index (κ2) is 9.44. The van der Waals surface area contributed by atoms with Gasteiger partial charge in [-0.2, -0.15) is 5.26 Å². The number of aliphatic hydroxyl groups is 1. The van der Waals surface area contributed by atoms with E-state index in [1.807, 2.05) is 19.1 Å². The highest BCUT2D eigenvalue weighted by atomic mass is 16.6. The average Bonchev–Trinajstić information content (AvgIpc) is 2.66. The summed E-state index contributed by atoms with van der Waals surface area (Å²) < 4.78 is 11.1. The highest BCUT2D eigenvalue weighted by Crippen LogP contribution is 2.31. The van der Waals surface area contributed by atoms with Crippen molar-refractivity contribution in [1.29, 1.82) is 5.26 Å². The quantitative estimate of drug-likeness (QED) is 0.559. The Hall–Kier alpha value is -3.04. The summed E-state index contributed by atoms with van der Waals surface area (Å²) in [7, 11) is 0. The van der Waals surface area contributed by atoms with E-state index in [1.54, 1.807) is 30.3 Å². The molecule has 0 bridgehead atoms. The molecule has 0 saturated carbocycles. The fraction of sp³-hybridized carbons (Fsp3) is 0.300. The number of nitrogens with one attached hydrogen (secondary N) is 1. The number of carbonyl (C=O) groups excluding carboxylic acids is 1. The molecule has 0 aliphatic carbocycles. The van der Waals surface area contributed by atoms with Gasteiger partial charge in [-0.25, -0.2) is 0 Å². The third-order valence-corrected chi connectivity index (χ3v) is 3.71. The molecule has 0 aliphatic heterocycles. The largest absolute Gasteiger partial charge is 0.491 e. The highest BCUT2D eigenvalue weighted by Gasteiger charge is 2.20. The zero-order valence-electron chi connectivity index (χ0n) is 14.9. The molecule has 2 aromatic carbocycles. The minimum Gasteiger partial charge on any atom is -0.491 e. The summed E-state index contributed by atoms with van der Waals surface area (Å²) in [5.41, 5.74) is 2.97. The number of nitrogens with zero attached hydrogens (tertiary/aromatic N) is 1. The lowest BCUT2D eigenvalue weighted by atomic mass is 10.1. The fourth-order valence-electron chi connectivity index (χ4n) is 2.44. The topological polar surface area (TPSA) is 91.6 Å². The Kier molecular flexibility index (Phi) is 7.01. The molecule has 6 nitrogen and oxygen atoms in total. The van der Waals surface area contributed by atoms with Crippen molar-refractivity contribution in [1.82, 2.24) is 0 Å². The number of anilines is 1. The first-order valence-corrected chi connectivity index (χ1v) is 8.37. The maximum atomic E-state index is 11.6. The highest BCUT2D eigenvalue weighted by molar-refractivity contribution is 5.67. The Balaban J connectivity index is 2.37. The lowest BCUT2D eigenvalue weighted by molar-refractivity contribution is -0.145. The van der Waals surface area contributed by atoms with Gasteiger partial charge in [-0.3, -0.25) is 4.79 Å². The molecule has 0 spiro atoms. The monoisotopic (exact) mass is 354 g/mol. The zero-order valence-corrected chi connectivity index (χ0v) is 14.9. The van der Waals surface area contributed by atoms with Gasteiger partial charge in [0.25, 0.3) is 0 Å². The van der Waals surface area contributed by atoms with Gasteiger partial charge in [-0.05, 0) is 48.4 Å². The molecule has 1 atom stereocenters. The molecular weight excluding hydrogens is 332 g/mol. The van der Waals surface area contributed by atoms with Crippen molar-refractivity contribution < 1.29 is 19.4 Å². The SMILES string of the molecule is CCc1ccc(OCCO)c(C(Nc2ccc(C#N)cc2)OC(C)=O)c1. The van der Waals surface area contributed by atoms with Gasteiger partial charge in [-0.15, -0.1) is 0 Å². The molecule has 6 heteroatoms. The standard InChI is InChI=1S/C20H22N2O4/c1-3-15-6-9-19(25-11-10-23)18(12-15)20(26-14(2)24)22-17-7-4-16(13-21)5-8-17/h4-9,12,20,22-23H,3,10-11H2,1-2H3. The van der Waals surface area contributed by atoms with E-state index in [1.165, 1.54) is 6.92 Å². The predicted octanol–water partition coefficient (Wildman–Crippen LogP) is 3.17. The number of aryl methyl sites for hydroxylation is 1. The van der Waals surface area contributed by atoms with E-state index >= 15 is 0 Å². The molecule has 0 radical (unpaired) electrons. The van der Waals surface area contributed by atoms with E-state index < -0.39 is 12.2 Å². The zero-order chi connectivity index (χ0) is 18.9. The van der Waals surface area contributed by atoms with Crippen LogP contribution in [0, 0.1) is 11.3 Å². The van der Waals surface area contributed by atoms with Crippen LogP contribution in [0.4, 0.5) is 5.69 Å². The molecule has 0 aliphatic rings. The number of aliphatic hydroxyl groups excluding tert-OH is 1. The van der Waals surface area contributed by atoms with Crippen LogP contribution in [-0.2, 0) is 16.0 Å². The Morgan fingerprint density at radius 3 is 2.58 bits per heavy atom. The fourth-order valence-corrected chi connectivity index (χ4v) is 2.44. The number of rotatable bonds is 8. The summed E-state index contributed by atoms with van der Waals surface area (Å²) in [6.45, 7) is 3.39. The van der Waals surface area contributed by atoms with Gasteiger partial charge in [0.1, 0.15) is 12.4 Å². The number of benzene rings is 2. The van der Waals surface area contributed by atoms with Crippen molar-refractivity contribution in [2.45, 2.75) is 26.5 Å². The summed E-state index contributed by atoms with van der Waals surface area (Å²) in [4.78, 5) is 11.6. The number of hydrogen-bond acceptors (Lipinski definition) is 6. The number of hydrogen-bond donors (Lipinski definition) is 2. The number of nitriles is 1. The molecule has 136 valence electrons. The minimum absolute atomic E-state index is 0.115. The van der Waals surface area contributed by atoms with E-state index in [0.717, 1.165) is 12.0 Å². The van der Waals surface area contributed by atoms with Crippen LogP contribution in [0.3, 0.4) is 0 Å². The van der Waals surface area contributed by atoms with Gasteiger partial charge in [0.05, 0.1) is 23.8 Å². The smallest absolute Gasteiger partial charge is 0.304 e. The van der Waals surface area contributed by atoms with Gasteiger partial charge < -0.3 is 19.9 Å². The molecule has 0 amide bonds. The van der Waals surface area contributed by atoms with Crippen molar-refractivity contribution in [3.8, 4) is 11.8 Å². The van der Waals surface area contributed by atoms with Gasteiger partial charge in [-0.1, -0.05) is 13.0 Å². The van der Waals surface area contributed by atoms with E-state index in [0.29, 0.717) is 22.6 Å². The molecule has 0 saturated heterocycles. The molecule has 2 N–H and O–H groups in total. The average molecular weight is 354 g/mol.